The summed E-state index contributed by atoms with van der Waals surface area (Å²) in [7, 11) is 3.63. The van der Waals surface area contributed by atoms with Gasteiger partial charge in [0.1, 0.15) is 10.7 Å². The smallest absolute Gasteiger partial charge is 0.225 e. The molecule has 1 amide bonds. The molecular formula is C23H22ClN3O2S. The lowest BCUT2D eigenvalue weighted by molar-refractivity contribution is -0.130. The van der Waals surface area contributed by atoms with Gasteiger partial charge in [-0.05, 0) is 54.6 Å². The van der Waals surface area contributed by atoms with Crippen molar-refractivity contribution in [2.24, 2.45) is 5.92 Å². The van der Waals surface area contributed by atoms with Crippen molar-refractivity contribution in [1.82, 2.24) is 14.9 Å². The van der Waals surface area contributed by atoms with Crippen LogP contribution in [-0.4, -0.2) is 34.9 Å². The Morgan fingerprint density at radius 1 is 1.17 bits per heavy atom. The van der Waals surface area contributed by atoms with E-state index in [-0.39, 0.29) is 11.8 Å². The van der Waals surface area contributed by atoms with E-state index in [4.69, 9.17) is 21.0 Å². The van der Waals surface area contributed by atoms with Crippen LogP contribution in [-0.2, 0) is 4.79 Å². The maximum atomic E-state index is 12.2. The third-order valence-corrected chi connectivity index (χ3v) is 6.73. The van der Waals surface area contributed by atoms with Gasteiger partial charge in [0.25, 0.3) is 0 Å². The van der Waals surface area contributed by atoms with E-state index < -0.39 is 0 Å². The van der Waals surface area contributed by atoms with Crippen molar-refractivity contribution in [3.05, 3.63) is 59.1 Å². The quantitative estimate of drug-likeness (QED) is 0.499. The number of carbonyl (C=O) groups excluding carboxylic acids is 1. The number of pyridine rings is 1. The third-order valence-electron chi connectivity index (χ3n) is 5.60. The number of oxazole rings is 1. The van der Waals surface area contributed by atoms with Crippen molar-refractivity contribution in [1.29, 1.82) is 0 Å². The van der Waals surface area contributed by atoms with Crippen molar-refractivity contribution < 1.29 is 9.21 Å². The highest BCUT2D eigenvalue weighted by atomic mass is 35.5. The highest BCUT2D eigenvalue weighted by Gasteiger charge is 2.44. The molecule has 154 valence electrons. The Balaban J connectivity index is 1.39. The number of benzene rings is 1. The average molecular weight is 440 g/mol. The largest absolute Gasteiger partial charge is 0.433 e. The van der Waals surface area contributed by atoms with E-state index in [9.17, 15) is 4.79 Å². The molecule has 2 aromatic heterocycles. The summed E-state index contributed by atoms with van der Waals surface area (Å²) in [5, 5.41) is 2.18. The number of rotatable bonds is 6. The van der Waals surface area contributed by atoms with Gasteiger partial charge in [-0.2, -0.15) is 0 Å². The first-order chi connectivity index (χ1) is 14.5. The minimum Gasteiger partial charge on any atom is -0.433 e. The highest BCUT2D eigenvalue weighted by molar-refractivity contribution is 7.99. The lowest BCUT2D eigenvalue weighted by Gasteiger charge is -2.09. The molecule has 5 nitrogen and oxygen atoms in total. The van der Waals surface area contributed by atoms with E-state index in [1.54, 1.807) is 11.1 Å². The second kappa shape index (κ2) is 7.75. The molecule has 1 unspecified atom stereocenters. The Bertz CT molecular complexity index is 1070. The van der Waals surface area contributed by atoms with Gasteiger partial charge in [-0.3, -0.25) is 4.79 Å². The van der Waals surface area contributed by atoms with Crippen LogP contribution in [0.5, 0.6) is 0 Å². The van der Waals surface area contributed by atoms with Crippen LogP contribution in [0.15, 0.2) is 57.1 Å². The summed E-state index contributed by atoms with van der Waals surface area (Å²) in [6.07, 6.45) is 4.82. The molecule has 2 aliphatic carbocycles. The summed E-state index contributed by atoms with van der Waals surface area (Å²) in [4.78, 5) is 23.0. The van der Waals surface area contributed by atoms with Gasteiger partial charge >= 0.3 is 0 Å². The molecule has 0 saturated heterocycles. The molecule has 2 saturated carbocycles. The maximum Gasteiger partial charge on any atom is 0.225 e. The van der Waals surface area contributed by atoms with Crippen molar-refractivity contribution in [2.75, 3.05) is 14.1 Å². The van der Waals surface area contributed by atoms with E-state index in [1.165, 1.54) is 17.3 Å². The first-order valence-electron chi connectivity index (χ1n) is 10.1. The summed E-state index contributed by atoms with van der Waals surface area (Å²) in [5.74, 6) is 1.88. The molecule has 7 heteroatoms. The van der Waals surface area contributed by atoms with E-state index >= 15 is 0 Å². The van der Waals surface area contributed by atoms with Crippen molar-refractivity contribution in [3.8, 4) is 11.3 Å². The van der Waals surface area contributed by atoms with Crippen LogP contribution in [0.2, 0.25) is 5.02 Å². The van der Waals surface area contributed by atoms with Gasteiger partial charge in [0.15, 0.2) is 11.0 Å². The van der Waals surface area contributed by atoms with Gasteiger partial charge in [0.05, 0.1) is 5.02 Å². The maximum absolute atomic E-state index is 12.2. The minimum absolute atomic E-state index is 0.112. The van der Waals surface area contributed by atoms with Gasteiger partial charge in [-0.1, -0.05) is 35.9 Å². The zero-order valence-electron chi connectivity index (χ0n) is 16.8. The van der Waals surface area contributed by atoms with Crippen LogP contribution in [0.4, 0.5) is 0 Å². The molecule has 5 rings (SSSR count). The Labute approximate surface area is 184 Å². The van der Waals surface area contributed by atoms with E-state index in [0.717, 1.165) is 46.5 Å². The SMILES string of the molecule is CN(C)C(=O)C1C[C@H]1c1ccc(-c2nc(C3CC3)oc2Sc2ccc(Cl)cn2)cc1. The first kappa shape index (κ1) is 19.6. The molecule has 2 aliphatic rings. The minimum atomic E-state index is 0.112. The Kier molecular flexibility index (Phi) is 5.07. The number of hydrogen-bond acceptors (Lipinski definition) is 5. The van der Waals surface area contributed by atoms with E-state index in [1.807, 2.05) is 26.2 Å². The normalized spacial score (nSPS) is 20.2. The third kappa shape index (κ3) is 3.98. The van der Waals surface area contributed by atoms with Gasteiger partial charge in [0.2, 0.25) is 5.91 Å². The second-order valence-corrected chi connectivity index (χ2v) is 9.61. The molecule has 0 bridgehead atoms. The zero-order chi connectivity index (χ0) is 20.8. The zero-order valence-corrected chi connectivity index (χ0v) is 18.4. The summed E-state index contributed by atoms with van der Waals surface area (Å²) >= 11 is 7.42. The Morgan fingerprint density at radius 2 is 1.93 bits per heavy atom. The second-order valence-electron chi connectivity index (χ2n) is 8.18. The van der Waals surface area contributed by atoms with Crippen molar-refractivity contribution in [2.45, 2.75) is 41.2 Å². The fraction of sp³-hybridized carbons (Fsp3) is 0.348. The van der Waals surface area contributed by atoms with Gasteiger partial charge in [-0.15, -0.1) is 0 Å². The molecule has 0 radical (unpaired) electrons. The molecule has 1 aromatic carbocycles. The van der Waals surface area contributed by atoms with Crippen LogP contribution >= 0.6 is 23.4 Å². The Morgan fingerprint density at radius 3 is 2.57 bits per heavy atom. The molecule has 0 spiro atoms. The number of halogens is 1. The average Bonchev–Trinajstić information content (AvgIpc) is 3.67. The summed E-state index contributed by atoms with van der Waals surface area (Å²) in [6, 6.07) is 12.1. The summed E-state index contributed by atoms with van der Waals surface area (Å²) in [5.41, 5.74) is 3.07. The summed E-state index contributed by atoms with van der Waals surface area (Å²) < 4.78 is 6.12. The molecule has 2 heterocycles. The topological polar surface area (TPSA) is 59.2 Å². The lowest BCUT2D eigenvalue weighted by Crippen LogP contribution is -2.23. The van der Waals surface area contributed by atoms with E-state index in [0.29, 0.717) is 16.9 Å². The molecule has 3 aromatic rings. The molecule has 30 heavy (non-hydrogen) atoms. The monoisotopic (exact) mass is 439 g/mol. The molecule has 0 N–H and O–H groups in total. The summed E-state index contributed by atoms with van der Waals surface area (Å²) in [6.45, 7) is 0. The first-order valence-corrected chi connectivity index (χ1v) is 11.3. The predicted octanol–water partition coefficient (Wildman–Crippen LogP) is 5.61. The number of carbonyl (C=O) groups is 1. The molecular weight excluding hydrogens is 418 g/mol. The van der Waals surface area contributed by atoms with Crippen LogP contribution < -0.4 is 0 Å². The molecule has 2 fully saturated rings. The van der Waals surface area contributed by atoms with Crippen LogP contribution in [0.1, 0.15) is 42.6 Å². The number of amides is 1. The fourth-order valence-electron chi connectivity index (χ4n) is 3.65. The molecule has 2 atom stereocenters. The Hall–Kier alpha value is -2.31. The van der Waals surface area contributed by atoms with Gasteiger partial charge < -0.3 is 9.32 Å². The molecule has 0 aliphatic heterocycles. The van der Waals surface area contributed by atoms with Gasteiger partial charge in [0, 0.05) is 37.7 Å². The van der Waals surface area contributed by atoms with Crippen molar-refractivity contribution in [3.63, 3.8) is 0 Å². The highest BCUT2D eigenvalue weighted by Crippen LogP contribution is 2.49. The van der Waals surface area contributed by atoms with Crippen molar-refractivity contribution >= 4 is 29.3 Å². The van der Waals surface area contributed by atoms with Crippen LogP contribution in [0.25, 0.3) is 11.3 Å². The van der Waals surface area contributed by atoms with Crippen LogP contribution in [0, 0.1) is 5.92 Å². The fourth-order valence-corrected chi connectivity index (χ4v) is 4.58. The number of nitrogens with zero attached hydrogens (tertiary/aromatic N) is 3. The number of hydrogen-bond donors (Lipinski definition) is 0. The lowest BCUT2D eigenvalue weighted by atomic mass is 10.1. The van der Waals surface area contributed by atoms with E-state index in [2.05, 4.69) is 29.2 Å². The van der Waals surface area contributed by atoms with Crippen LogP contribution in [0.3, 0.4) is 0 Å². The standard InChI is InChI=1S/C23H22ClN3O2S/c1-27(2)22(28)18-11-17(18)13-3-5-14(6-4-13)20-23(29-21(26-20)15-7-8-15)30-19-10-9-16(24)12-25-19/h3-6,9-10,12,15,17-18H,7-8,11H2,1-2H3/t17-,18?/m0/s1. The van der Waals surface area contributed by atoms with Gasteiger partial charge in [-0.25, -0.2) is 9.97 Å². The predicted molar refractivity (Wildman–Crippen MR) is 117 cm³/mol. The number of aromatic nitrogens is 2.